The lowest BCUT2D eigenvalue weighted by Crippen LogP contribution is -1.97. The molecule has 0 fully saturated rings. The van der Waals surface area contributed by atoms with E-state index in [1.165, 1.54) is 48.8 Å². The Bertz CT molecular complexity index is 2680. The van der Waals surface area contributed by atoms with E-state index in [1.54, 1.807) is 0 Å². The van der Waals surface area contributed by atoms with Crippen molar-refractivity contribution >= 4 is 11.4 Å². The van der Waals surface area contributed by atoms with Gasteiger partial charge < -0.3 is 19.4 Å². The van der Waals surface area contributed by atoms with Crippen LogP contribution in [0, 0.1) is 20.2 Å². The average Bonchev–Trinajstić information content (AvgIpc) is 3.94. The molecule has 14 heteroatoms. The minimum absolute atomic E-state index is 0.0485. The summed E-state index contributed by atoms with van der Waals surface area (Å²) in [4.78, 5) is 48.2. The molecule has 9 rings (SSSR count). The predicted molar refractivity (Wildman–Crippen MR) is 225 cm³/mol. The zero-order valence-corrected chi connectivity index (χ0v) is 31.3. The van der Waals surface area contributed by atoms with Gasteiger partial charge in [0.05, 0.1) is 49.8 Å². The summed E-state index contributed by atoms with van der Waals surface area (Å²) in [5.41, 5.74) is 6.43. The Kier molecular flexibility index (Phi) is 9.82. The zero-order valence-electron chi connectivity index (χ0n) is 31.3. The molecule has 3 heterocycles. The summed E-state index contributed by atoms with van der Waals surface area (Å²) in [6.07, 6.45) is 1.24. The molecular formula is C46H30N8O6. The third-order valence-electron chi connectivity index (χ3n) is 9.53. The number of nitro benzene ring substituents is 2. The Morgan fingerprint density at radius 2 is 0.817 bits per heavy atom. The molecular weight excluding hydrogens is 761 g/mol. The number of ether oxygens (including phenoxy) is 2. The number of nitrogens with one attached hydrogen (secondary N) is 2. The van der Waals surface area contributed by atoms with Crippen LogP contribution in [0.1, 0.15) is 0 Å². The predicted octanol–water partition coefficient (Wildman–Crippen LogP) is 11.3. The Labute approximate surface area is 341 Å². The van der Waals surface area contributed by atoms with Crippen molar-refractivity contribution in [3.05, 3.63) is 190 Å². The Morgan fingerprint density at radius 3 is 1.18 bits per heavy atom. The van der Waals surface area contributed by atoms with Crippen molar-refractivity contribution in [2.75, 3.05) is 0 Å². The topological polar surface area (TPSA) is 188 Å². The minimum Gasteiger partial charge on any atom is -0.438 e. The molecule has 0 bridgehead atoms. The lowest BCUT2D eigenvalue weighted by Gasteiger charge is -2.11. The number of non-ortho nitro benzene ring substituents is 2. The van der Waals surface area contributed by atoms with Gasteiger partial charge in [0, 0.05) is 46.5 Å². The van der Waals surface area contributed by atoms with Crippen LogP contribution in [-0.2, 0) is 0 Å². The molecule has 0 saturated heterocycles. The van der Waals surface area contributed by atoms with Crippen molar-refractivity contribution in [2.45, 2.75) is 0 Å². The molecule has 60 heavy (non-hydrogen) atoms. The molecule has 0 aliphatic rings. The van der Waals surface area contributed by atoms with E-state index in [9.17, 15) is 20.2 Å². The zero-order chi connectivity index (χ0) is 41.0. The fourth-order valence-corrected chi connectivity index (χ4v) is 6.71. The highest BCUT2D eigenvalue weighted by molar-refractivity contribution is 5.84. The number of hydrogen-bond donors (Lipinski definition) is 2. The van der Waals surface area contributed by atoms with Gasteiger partial charge in [-0.2, -0.15) is 0 Å². The first-order valence-corrected chi connectivity index (χ1v) is 18.5. The van der Waals surface area contributed by atoms with Gasteiger partial charge in [0.25, 0.3) is 11.4 Å². The van der Waals surface area contributed by atoms with Crippen LogP contribution in [0.3, 0.4) is 0 Å². The van der Waals surface area contributed by atoms with E-state index in [0.29, 0.717) is 45.6 Å². The van der Waals surface area contributed by atoms with Crippen molar-refractivity contribution in [1.29, 1.82) is 0 Å². The van der Waals surface area contributed by atoms with Crippen molar-refractivity contribution in [2.24, 2.45) is 0 Å². The molecule has 0 atom stereocenters. The molecule has 0 unspecified atom stereocenters. The maximum atomic E-state index is 12.0. The van der Waals surface area contributed by atoms with E-state index in [1.807, 2.05) is 121 Å². The summed E-state index contributed by atoms with van der Waals surface area (Å²) >= 11 is 0. The number of aromatic amines is 2. The summed E-state index contributed by atoms with van der Waals surface area (Å²) in [6.45, 7) is 0. The molecule has 6 aromatic carbocycles. The van der Waals surface area contributed by atoms with Gasteiger partial charge in [0.1, 0.15) is 29.5 Å². The molecule has 0 amide bonds. The van der Waals surface area contributed by atoms with E-state index < -0.39 is 9.85 Å². The molecule has 0 spiro atoms. The van der Waals surface area contributed by atoms with Gasteiger partial charge >= 0.3 is 0 Å². The molecule has 14 nitrogen and oxygen atoms in total. The van der Waals surface area contributed by atoms with E-state index in [0.717, 1.165) is 22.3 Å². The minimum atomic E-state index is -0.491. The van der Waals surface area contributed by atoms with E-state index in [2.05, 4.69) is 19.9 Å². The smallest absolute Gasteiger partial charge is 0.270 e. The first kappa shape index (κ1) is 36.8. The highest BCUT2D eigenvalue weighted by atomic mass is 16.6. The second-order valence-electron chi connectivity index (χ2n) is 13.4. The second-order valence-corrected chi connectivity index (χ2v) is 13.4. The number of rotatable bonds is 12. The van der Waals surface area contributed by atoms with Gasteiger partial charge in [-0.15, -0.1) is 0 Å². The van der Waals surface area contributed by atoms with Crippen LogP contribution in [0.25, 0.3) is 67.8 Å². The fraction of sp³-hybridized carbons (Fsp3) is 0. The average molecular weight is 791 g/mol. The van der Waals surface area contributed by atoms with Crippen LogP contribution in [0.4, 0.5) is 11.4 Å². The Hall–Kier alpha value is -8.78. The molecule has 0 radical (unpaired) electrons. The van der Waals surface area contributed by atoms with Gasteiger partial charge in [-0.3, -0.25) is 20.2 Å². The van der Waals surface area contributed by atoms with Crippen molar-refractivity contribution < 1.29 is 19.3 Å². The lowest BCUT2D eigenvalue weighted by molar-refractivity contribution is -0.385. The second kappa shape index (κ2) is 16.0. The molecule has 0 aliphatic carbocycles. The van der Waals surface area contributed by atoms with Crippen LogP contribution in [0.15, 0.2) is 170 Å². The van der Waals surface area contributed by atoms with Crippen LogP contribution in [0.2, 0.25) is 0 Å². The molecule has 3 aromatic heterocycles. The summed E-state index contributed by atoms with van der Waals surface area (Å²) in [5, 5.41) is 24.0. The first-order valence-electron chi connectivity index (χ1n) is 18.5. The van der Waals surface area contributed by atoms with Crippen molar-refractivity contribution in [1.82, 2.24) is 29.9 Å². The number of nitro groups is 2. The highest BCUT2D eigenvalue weighted by Gasteiger charge is 2.23. The Morgan fingerprint density at radius 1 is 0.450 bits per heavy atom. The number of imidazole rings is 2. The van der Waals surface area contributed by atoms with E-state index in [-0.39, 0.29) is 34.6 Å². The third-order valence-corrected chi connectivity index (χ3v) is 9.53. The van der Waals surface area contributed by atoms with Crippen molar-refractivity contribution in [3.8, 4) is 91.1 Å². The normalized spacial score (nSPS) is 10.9. The Balaban J connectivity index is 1.09. The standard InChI is InChI=1S/C46H30N8O6/c55-53(56)33-21-23-37(35(25-33)45-49-41(29-13-5-1-6-14-29)42(50-45)30-15-7-2-8-16-30)59-39-27-40(48-28-47-39)60-38-24-22-34(54(57)58)26-36(38)46-51-43(31-17-9-3-10-18-31)44(52-46)32-19-11-4-12-20-32/h1-28H,(H,49,50)(H,51,52). The fourth-order valence-electron chi connectivity index (χ4n) is 6.71. The number of aromatic nitrogens is 6. The van der Waals surface area contributed by atoms with Crippen LogP contribution >= 0.6 is 0 Å². The molecule has 9 aromatic rings. The summed E-state index contributed by atoms with van der Waals surface area (Å²) in [7, 11) is 0. The summed E-state index contributed by atoms with van der Waals surface area (Å²) in [6, 6.07) is 48.3. The number of benzene rings is 6. The SMILES string of the molecule is O=[N+]([O-])c1ccc(Oc2cc(Oc3ccc([N+](=O)[O-])cc3-c3nc(-c4ccccc4)c(-c4ccccc4)[nH]3)ncn2)c(-c2nc(-c3ccccc3)c(-c3ccccc3)[nH]2)c1. The van der Waals surface area contributed by atoms with Crippen molar-refractivity contribution in [3.63, 3.8) is 0 Å². The van der Waals surface area contributed by atoms with Gasteiger partial charge in [-0.05, 0) is 12.1 Å². The van der Waals surface area contributed by atoms with E-state index >= 15 is 0 Å². The lowest BCUT2D eigenvalue weighted by atomic mass is 10.1. The highest BCUT2D eigenvalue weighted by Crippen LogP contribution is 2.41. The van der Waals surface area contributed by atoms with Gasteiger partial charge in [-0.25, -0.2) is 19.9 Å². The van der Waals surface area contributed by atoms with Crippen LogP contribution in [-0.4, -0.2) is 39.8 Å². The maximum Gasteiger partial charge on any atom is 0.270 e. The first-order chi connectivity index (χ1) is 29.4. The summed E-state index contributed by atoms with van der Waals surface area (Å²) < 4.78 is 12.6. The third kappa shape index (κ3) is 7.54. The quantitative estimate of drug-likeness (QED) is 0.0890. The maximum absolute atomic E-state index is 12.0. The van der Waals surface area contributed by atoms with Gasteiger partial charge in [-0.1, -0.05) is 121 Å². The molecule has 290 valence electrons. The van der Waals surface area contributed by atoms with Crippen LogP contribution in [0.5, 0.6) is 23.3 Å². The molecule has 0 aliphatic heterocycles. The summed E-state index contributed by atoms with van der Waals surface area (Å²) in [5.74, 6) is 1.18. The largest absolute Gasteiger partial charge is 0.438 e. The monoisotopic (exact) mass is 790 g/mol. The number of H-pyrrole nitrogens is 2. The van der Waals surface area contributed by atoms with Crippen LogP contribution < -0.4 is 9.47 Å². The molecule has 2 N–H and O–H groups in total. The molecule has 0 saturated carbocycles. The van der Waals surface area contributed by atoms with Gasteiger partial charge in [0.2, 0.25) is 11.8 Å². The van der Waals surface area contributed by atoms with E-state index in [4.69, 9.17) is 19.4 Å². The van der Waals surface area contributed by atoms with Gasteiger partial charge in [0.15, 0.2) is 0 Å². The number of nitrogens with zero attached hydrogens (tertiary/aromatic N) is 6. The number of hydrogen-bond acceptors (Lipinski definition) is 10.